The van der Waals surface area contributed by atoms with E-state index in [0.29, 0.717) is 36.2 Å². The number of aliphatic hydroxyl groups excluding tert-OH is 5. The summed E-state index contributed by atoms with van der Waals surface area (Å²) in [5.74, 6) is 2.61. The van der Waals surface area contributed by atoms with Crippen LogP contribution in [-0.4, -0.2) is 75.6 Å². The lowest BCUT2D eigenvalue weighted by Crippen LogP contribution is -2.67. The van der Waals surface area contributed by atoms with Crippen molar-refractivity contribution < 1.29 is 35.0 Å². The summed E-state index contributed by atoms with van der Waals surface area (Å²) in [4.78, 5) is 0. The molecule has 0 bridgehead atoms. The molecule has 5 aliphatic carbocycles. The maximum Gasteiger partial charge on any atom is 0.186 e. The predicted molar refractivity (Wildman–Crippen MR) is 165 cm³/mol. The van der Waals surface area contributed by atoms with Gasteiger partial charge < -0.3 is 35.0 Å². The summed E-state index contributed by atoms with van der Waals surface area (Å²) in [7, 11) is 0. The topological polar surface area (TPSA) is 120 Å². The Kier molecular flexibility index (Phi) is 8.10. The van der Waals surface area contributed by atoms with E-state index in [9.17, 15) is 25.5 Å². The number of hydrogen-bond donors (Lipinski definition) is 5. The monoisotopic (exact) mass is 604 g/mol. The molecule has 7 nitrogen and oxygen atoms in total. The molecule has 5 saturated carbocycles. The fourth-order valence-electron chi connectivity index (χ4n) is 13.0. The first-order valence-corrected chi connectivity index (χ1v) is 17.3. The van der Waals surface area contributed by atoms with Crippen LogP contribution in [0, 0.1) is 56.7 Å². The second-order valence-electron chi connectivity index (χ2n) is 17.4. The van der Waals surface area contributed by atoms with Crippen molar-refractivity contribution in [3.8, 4) is 0 Å². The lowest BCUT2D eigenvalue weighted by atomic mass is 9.32. The van der Waals surface area contributed by atoms with E-state index >= 15 is 0 Å². The summed E-state index contributed by atoms with van der Waals surface area (Å²) in [5.41, 5.74) is 1.81. The van der Waals surface area contributed by atoms with Crippen LogP contribution < -0.4 is 0 Å². The van der Waals surface area contributed by atoms with E-state index in [1.165, 1.54) is 31.3 Å². The van der Waals surface area contributed by atoms with Gasteiger partial charge in [-0.3, -0.25) is 0 Å². The predicted octanol–water partition coefficient (Wildman–Crippen LogP) is 4.82. The van der Waals surface area contributed by atoms with Crippen molar-refractivity contribution in [2.45, 2.75) is 143 Å². The Bertz CT molecular complexity index is 1080. The summed E-state index contributed by atoms with van der Waals surface area (Å²) in [6.07, 6.45) is 4.78. The zero-order valence-corrected chi connectivity index (χ0v) is 27.6. The lowest BCUT2D eigenvalue weighted by Gasteiger charge is -2.73. The quantitative estimate of drug-likeness (QED) is 0.286. The highest BCUT2D eigenvalue weighted by Gasteiger charge is 2.71. The van der Waals surface area contributed by atoms with Gasteiger partial charge in [0.15, 0.2) is 6.29 Å². The Morgan fingerprint density at radius 1 is 0.791 bits per heavy atom. The molecule has 6 fully saturated rings. The Morgan fingerprint density at radius 3 is 2.19 bits per heavy atom. The van der Waals surface area contributed by atoms with E-state index in [2.05, 4.69) is 48.1 Å². The number of hydrogen-bond acceptors (Lipinski definition) is 7. The van der Waals surface area contributed by atoms with Crippen LogP contribution in [0.25, 0.3) is 0 Å². The highest BCUT2D eigenvalue weighted by Crippen LogP contribution is 2.77. The summed E-state index contributed by atoms with van der Waals surface area (Å²) >= 11 is 0. The van der Waals surface area contributed by atoms with Crippen molar-refractivity contribution in [3.05, 3.63) is 12.2 Å². The first kappa shape index (κ1) is 32.4. The van der Waals surface area contributed by atoms with Gasteiger partial charge in [0.1, 0.15) is 24.4 Å². The van der Waals surface area contributed by atoms with E-state index < -0.39 is 37.3 Å². The van der Waals surface area contributed by atoms with Gasteiger partial charge in [0.2, 0.25) is 0 Å². The Labute approximate surface area is 259 Å². The zero-order chi connectivity index (χ0) is 31.3. The number of ether oxygens (including phenoxy) is 2. The summed E-state index contributed by atoms with van der Waals surface area (Å²) in [5, 5.41) is 52.1. The molecule has 246 valence electrons. The summed E-state index contributed by atoms with van der Waals surface area (Å²) in [6.45, 7) is 19.1. The Hall–Kier alpha value is -0.540. The molecule has 15 atom stereocenters. The van der Waals surface area contributed by atoms with Gasteiger partial charge in [-0.25, -0.2) is 0 Å². The molecule has 6 aliphatic rings. The fraction of sp³-hybridized carbons (Fsp3) is 0.944. The van der Waals surface area contributed by atoms with Crippen LogP contribution in [0.3, 0.4) is 0 Å². The lowest BCUT2D eigenvalue weighted by molar-refractivity contribution is -0.311. The van der Waals surface area contributed by atoms with E-state index in [-0.39, 0.29) is 33.2 Å². The maximum atomic E-state index is 11.0. The first-order chi connectivity index (χ1) is 20.1. The molecule has 0 amide bonds. The van der Waals surface area contributed by atoms with Gasteiger partial charge >= 0.3 is 0 Å². The normalized spacial score (nSPS) is 55.9. The SMILES string of the molecule is C=C(C)[C@@H]1CC[C@]2(CO[C@@H]3O[C@H](CO)[C@H](O)[C@H](O)[C@H]3O)CC[C@]3(C)[C@H](CC[C@@H]4[C@@]5(C)CC[C@H](O)C(C)(C)[C@@H]5CC[C@]43C)[C@@H]12. The molecule has 0 radical (unpaired) electrons. The molecule has 0 aromatic carbocycles. The van der Waals surface area contributed by atoms with Gasteiger partial charge in [-0.15, -0.1) is 0 Å². The molecule has 6 rings (SSSR count). The minimum Gasteiger partial charge on any atom is -0.394 e. The number of rotatable bonds is 5. The third-order valence-electron chi connectivity index (χ3n) is 15.6. The fourth-order valence-corrected chi connectivity index (χ4v) is 13.0. The van der Waals surface area contributed by atoms with E-state index in [1.54, 1.807) is 0 Å². The molecule has 43 heavy (non-hydrogen) atoms. The van der Waals surface area contributed by atoms with Crippen LogP contribution in [0.1, 0.15) is 106 Å². The maximum absolute atomic E-state index is 11.0. The molecule has 1 saturated heterocycles. The second-order valence-corrected chi connectivity index (χ2v) is 17.4. The third kappa shape index (κ3) is 4.45. The van der Waals surface area contributed by atoms with Crippen molar-refractivity contribution in [3.63, 3.8) is 0 Å². The van der Waals surface area contributed by atoms with Crippen LogP contribution in [0.2, 0.25) is 0 Å². The van der Waals surface area contributed by atoms with Crippen molar-refractivity contribution in [2.75, 3.05) is 13.2 Å². The van der Waals surface area contributed by atoms with Gasteiger partial charge in [0, 0.05) is 0 Å². The van der Waals surface area contributed by atoms with Gasteiger partial charge in [-0.05, 0) is 128 Å². The molecular weight excluding hydrogens is 544 g/mol. The number of aliphatic hydroxyl groups is 5. The zero-order valence-electron chi connectivity index (χ0n) is 27.6. The van der Waals surface area contributed by atoms with E-state index in [0.717, 1.165) is 38.5 Å². The van der Waals surface area contributed by atoms with Crippen LogP contribution in [0.15, 0.2) is 12.2 Å². The van der Waals surface area contributed by atoms with Crippen LogP contribution in [0.5, 0.6) is 0 Å². The van der Waals surface area contributed by atoms with Gasteiger partial charge in [-0.2, -0.15) is 0 Å². The van der Waals surface area contributed by atoms with Crippen LogP contribution in [0.4, 0.5) is 0 Å². The smallest absolute Gasteiger partial charge is 0.186 e. The molecule has 0 unspecified atom stereocenters. The van der Waals surface area contributed by atoms with Crippen molar-refractivity contribution >= 4 is 0 Å². The van der Waals surface area contributed by atoms with Gasteiger partial charge in [-0.1, -0.05) is 46.8 Å². The molecule has 5 N–H and O–H groups in total. The minimum absolute atomic E-state index is 0.0496. The summed E-state index contributed by atoms with van der Waals surface area (Å²) < 4.78 is 12.1. The third-order valence-corrected chi connectivity index (χ3v) is 15.6. The number of allylic oxidation sites excluding steroid dienone is 1. The second kappa shape index (κ2) is 10.7. The standard InChI is InChI=1S/C36H60O7/c1-20(2)21-10-15-36(19-42-31-30(41)29(40)28(39)23(18-37)43-31)17-16-34(6)22(27(21)36)8-9-25-33(5)13-12-26(38)32(3,4)24(33)11-14-35(25,34)7/h21-31,37-41H,1,8-19H2,2-7H3/t21-,22+,23+,24-,25+,26-,27+,28-,29-,30+,31+,33-,34+,35+,36+/m0/s1. The molecule has 0 aromatic heterocycles. The molecule has 0 spiro atoms. The molecule has 0 aromatic rings. The Balaban J connectivity index is 1.29. The van der Waals surface area contributed by atoms with Gasteiger partial charge in [0.25, 0.3) is 0 Å². The average molecular weight is 605 g/mol. The first-order valence-electron chi connectivity index (χ1n) is 17.3. The van der Waals surface area contributed by atoms with E-state index in [1.807, 2.05) is 0 Å². The van der Waals surface area contributed by atoms with E-state index in [4.69, 9.17) is 9.47 Å². The largest absolute Gasteiger partial charge is 0.394 e. The minimum atomic E-state index is -1.43. The molecular formula is C36H60O7. The molecule has 1 heterocycles. The van der Waals surface area contributed by atoms with Crippen LogP contribution in [-0.2, 0) is 9.47 Å². The number of fused-ring (bicyclic) bond motifs is 7. The molecule has 7 heteroatoms. The van der Waals surface area contributed by atoms with Crippen LogP contribution >= 0.6 is 0 Å². The van der Waals surface area contributed by atoms with Crippen molar-refractivity contribution in [1.29, 1.82) is 0 Å². The average Bonchev–Trinajstić information content (AvgIpc) is 3.34. The molecule has 1 aliphatic heterocycles. The highest BCUT2D eigenvalue weighted by atomic mass is 16.7. The Morgan fingerprint density at radius 2 is 1.51 bits per heavy atom. The van der Waals surface area contributed by atoms with Crippen molar-refractivity contribution in [2.24, 2.45) is 56.7 Å². The van der Waals surface area contributed by atoms with Gasteiger partial charge in [0.05, 0.1) is 19.3 Å². The van der Waals surface area contributed by atoms with Crippen molar-refractivity contribution in [1.82, 2.24) is 0 Å². The highest BCUT2D eigenvalue weighted by molar-refractivity contribution is 5.21. The summed E-state index contributed by atoms with van der Waals surface area (Å²) in [6, 6.07) is 0.